The number of hydrogen-bond acceptors (Lipinski definition) is 5. The smallest absolute Gasteiger partial charge is 0.407 e. The molecule has 1 N–H and O–H groups in total. The van der Waals surface area contributed by atoms with Crippen LogP contribution in [0.4, 0.5) is 4.79 Å². The van der Waals surface area contributed by atoms with Gasteiger partial charge in [0.15, 0.2) is 5.15 Å². The third-order valence-electron chi connectivity index (χ3n) is 4.33. The third-order valence-corrected chi connectivity index (χ3v) is 5.77. The van der Waals surface area contributed by atoms with E-state index in [1.807, 2.05) is 56.7 Å². The number of halogens is 1. The molecule has 0 bridgehead atoms. The maximum atomic E-state index is 11.9. The predicted octanol–water partition coefficient (Wildman–Crippen LogP) is 5.53. The lowest BCUT2D eigenvalue weighted by Gasteiger charge is -2.19. The number of pyridine rings is 1. The van der Waals surface area contributed by atoms with Crippen molar-refractivity contribution < 1.29 is 9.53 Å². The lowest BCUT2D eigenvalue weighted by atomic mass is 10.1. The van der Waals surface area contributed by atoms with E-state index in [1.165, 1.54) is 0 Å². The van der Waals surface area contributed by atoms with E-state index >= 15 is 0 Å². The Morgan fingerprint density at radius 2 is 2.10 bits per heavy atom. The summed E-state index contributed by atoms with van der Waals surface area (Å²) in [5, 5.41) is 3.21. The summed E-state index contributed by atoms with van der Waals surface area (Å²) in [5.41, 5.74) is 4.08. The fourth-order valence-electron chi connectivity index (χ4n) is 3.11. The molecule has 150 valence electrons. The highest BCUT2D eigenvalue weighted by molar-refractivity contribution is 7.23. The van der Waals surface area contributed by atoms with Gasteiger partial charge in [-0.25, -0.2) is 14.8 Å². The number of carbonyl (C=O) groups excluding carboxylic acids is 1. The number of aryl methyl sites for hydroxylation is 1. The molecule has 1 amide bonds. The second kappa shape index (κ2) is 7.31. The van der Waals surface area contributed by atoms with E-state index in [9.17, 15) is 4.79 Å². The van der Waals surface area contributed by atoms with Crippen LogP contribution in [-0.2, 0) is 18.3 Å². The van der Waals surface area contributed by atoms with Crippen molar-refractivity contribution in [2.24, 2.45) is 7.05 Å². The quantitative estimate of drug-likeness (QED) is 0.435. The number of hydrogen-bond donors (Lipinski definition) is 1. The van der Waals surface area contributed by atoms with Crippen LogP contribution in [0.5, 0.6) is 0 Å². The van der Waals surface area contributed by atoms with Crippen LogP contribution < -0.4 is 5.32 Å². The fraction of sp³-hybridized carbons (Fsp3) is 0.286. The van der Waals surface area contributed by atoms with Crippen LogP contribution >= 0.6 is 22.9 Å². The third kappa shape index (κ3) is 4.06. The minimum absolute atomic E-state index is 0.393. The van der Waals surface area contributed by atoms with Gasteiger partial charge in [-0.05, 0) is 44.0 Å². The van der Waals surface area contributed by atoms with Crippen LogP contribution in [-0.4, -0.2) is 26.2 Å². The van der Waals surface area contributed by atoms with Crippen molar-refractivity contribution in [3.63, 3.8) is 0 Å². The Balaban J connectivity index is 1.63. The molecule has 3 heterocycles. The number of ether oxygens (including phenoxy) is 1. The summed E-state index contributed by atoms with van der Waals surface area (Å²) in [6, 6.07) is 10.1. The minimum Gasteiger partial charge on any atom is -0.444 e. The normalized spacial score (nSPS) is 11.9. The second-order valence-electron chi connectivity index (χ2n) is 7.84. The Kier molecular flexibility index (Phi) is 4.96. The summed E-state index contributed by atoms with van der Waals surface area (Å²) < 4.78 is 8.31. The van der Waals surface area contributed by atoms with Gasteiger partial charge in [-0.15, -0.1) is 11.3 Å². The maximum absolute atomic E-state index is 11.9. The Morgan fingerprint density at radius 3 is 2.86 bits per heavy atom. The summed E-state index contributed by atoms with van der Waals surface area (Å²) in [7, 11) is 1.95. The first-order valence-electron chi connectivity index (χ1n) is 9.17. The zero-order chi connectivity index (χ0) is 20.8. The van der Waals surface area contributed by atoms with E-state index in [0.717, 1.165) is 31.7 Å². The first-order chi connectivity index (χ1) is 13.7. The molecule has 0 unspecified atom stereocenters. The molecule has 4 aromatic rings. The zero-order valence-corrected chi connectivity index (χ0v) is 18.2. The largest absolute Gasteiger partial charge is 0.444 e. The van der Waals surface area contributed by atoms with Gasteiger partial charge in [0.1, 0.15) is 11.1 Å². The zero-order valence-electron chi connectivity index (χ0n) is 16.6. The second-order valence-corrected chi connectivity index (χ2v) is 9.25. The minimum atomic E-state index is -0.519. The number of imidazole rings is 1. The van der Waals surface area contributed by atoms with Gasteiger partial charge in [0.2, 0.25) is 0 Å². The van der Waals surface area contributed by atoms with Gasteiger partial charge < -0.3 is 14.6 Å². The molecule has 0 fully saturated rings. The average molecular weight is 429 g/mol. The monoisotopic (exact) mass is 428 g/mol. The number of alkyl carbamates (subject to hydrolysis) is 1. The SMILES string of the molecule is Cn1cnc2c(Cl)nc3cc(-c4cccc(CNC(=O)OC(C)(C)C)c4)sc3c21. The number of nitrogens with zero attached hydrogens (tertiary/aromatic N) is 3. The molecule has 0 aliphatic heterocycles. The fourth-order valence-corrected chi connectivity index (χ4v) is 4.52. The van der Waals surface area contributed by atoms with Gasteiger partial charge in [-0.1, -0.05) is 29.8 Å². The van der Waals surface area contributed by atoms with Crippen LogP contribution in [0.1, 0.15) is 26.3 Å². The molecule has 6 nitrogen and oxygen atoms in total. The Bertz CT molecular complexity index is 1220. The Hall–Kier alpha value is -2.64. The van der Waals surface area contributed by atoms with E-state index < -0.39 is 11.7 Å². The standard InChI is InChI=1S/C21H21ClN4O2S/c1-21(2,3)28-20(27)23-10-12-6-5-7-13(8-12)15-9-14-18(29-15)17-16(19(22)25-14)24-11-26(17)4/h5-9,11H,10H2,1-4H3,(H,23,27). The van der Waals surface area contributed by atoms with Crippen LogP contribution in [0.3, 0.4) is 0 Å². The molecule has 0 spiro atoms. The summed E-state index contributed by atoms with van der Waals surface area (Å²) in [5.74, 6) is 0. The number of aromatic nitrogens is 3. The van der Waals surface area contributed by atoms with Crippen molar-refractivity contribution in [1.82, 2.24) is 19.9 Å². The van der Waals surface area contributed by atoms with Crippen LogP contribution in [0.15, 0.2) is 36.7 Å². The molecule has 0 atom stereocenters. The highest BCUT2D eigenvalue weighted by Gasteiger charge is 2.17. The van der Waals surface area contributed by atoms with Gasteiger partial charge in [-0.3, -0.25) is 0 Å². The summed E-state index contributed by atoms with van der Waals surface area (Å²) >= 11 is 7.97. The Morgan fingerprint density at radius 1 is 1.31 bits per heavy atom. The topological polar surface area (TPSA) is 69.0 Å². The van der Waals surface area contributed by atoms with Crippen molar-refractivity contribution in [2.75, 3.05) is 0 Å². The van der Waals surface area contributed by atoms with Crippen LogP contribution in [0.2, 0.25) is 5.15 Å². The van der Waals surface area contributed by atoms with Crippen molar-refractivity contribution in [2.45, 2.75) is 32.9 Å². The van der Waals surface area contributed by atoms with Crippen molar-refractivity contribution in [3.05, 3.63) is 47.4 Å². The summed E-state index contributed by atoms with van der Waals surface area (Å²) in [4.78, 5) is 21.8. The molecule has 8 heteroatoms. The van der Waals surface area contributed by atoms with E-state index in [2.05, 4.69) is 21.4 Å². The molecule has 0 aliphatic rings. The van der Waals surface area contributed by atoms with Crippen molar-refractivity contribution >= 4 is 50.3 Å². The molecule has 0 saturated carbocycles. The highest BCUT2D eigenvalue weighted by Crippen LogP contribution is 2.38. The number of amides is 1. The summed E-state index contributed by atoms with van der Waals surface area (Å²) in [6.45, 7) is 5.92. The van der Waals surface area contributed by atoms with Gasteiger partial charge in [0, 0.05) is 18.5 Å². The Labute approximate surface area is 177 Å². The number of rotatable bonds is 3. The number of benzene rings is 1. The first kappa shape index (κ1) is 19.7. The van der Waals surface area contributed by atoms with E-state index in [4.69, 9.17) is 16.3 Å². The number of carbonyl (C=O) groups is 1. The summed E-state index contributed by atoms with van der Waals surface area (Å²) in [6.07, 6.45) is 1.32. The first-order valence-corrected chi connectivity index (χ1v) is 10.4. The lowest BCUT2D eigenvalue weighted by Crippen LogP contribution is -2.32. The lowest BCUT2D eigenvalue weighted by molar-refractivity contribution is 0.0523. The molecule has 3 aromatic heterocycles. The van der Waals surface area contributed by atoms with Crippen molar-refractivity contribution in [1.29, 1.82) is 0 Å². The van der Waals surface area contributed by atoms with Crippen LogP contribution in [0, 0.1) is 0 Å². The van der Waals surface area contributed by atoms with Crippen LogP contribution in [0.25, 0.3) is 31.7 Å². The average Bonchev–Trinajstić information content (AvgIpc) is 3.23. The number of thiophene rings is 1. The van der Waals surface area contributed by atoms with Gasteiger partial charge in [0.25, 0.3) is 0 Å². The predicted molar refractivity (Wildman–Crippen MR) is 117 cm³/mol. The molecule has 0 saturated heterocycles. The molecule has 4 rings (SSSR count). The van der Waals surface area contributed by atoms with Gasteiger partial charge in [0.05, 0.1) is 22.1 Å². The molecule has 0 aliphatic carbocycles. The number of fused-ring (bicyclic) bond motifs is 3. The molecule has 0 radical (unpaired) electrons. The van der Waals surface area contributed by atoms with Gasteiger partial charge >= 0.3 is 6.09 Å². The molecule has 1 aromatic carbocycles. The van der Waals surface area contributed by atoms with E-state index in [-0.39, 0.29) is 0 Å². The maximum Gasteiger partial charge on any atom is 0.407 e. The van der Waals surface area contributed by atoms with Gasteiger partial charge in [-0.2, -0.15) is 0 Å². The van der Waals surface area contributed by atoms with E-state index in [1.54, 1.807) is 17.7 Å². The molecular formula is C21H21ClN4O2S. The highest BCUT2D eigenvalue weighted by atomic mass is 35.5. The van der Waals surface area contributed by atoms with E-state index in [0.29, 0.717) is 17.2 Å². The number of nitrogens with one attached hydrogen (secondary N) is 1. The van der Waals surface area contributed by atoms with Crippen molar-refractivity contribution in [3.8, 4) is 10.4 Å². The molecule has 29 heavy (non-hydrogen) atoms. The molecular weight excluding hydrogens is 408 g/mol.